The summed E-state index contributed by atoms with van der Waals surface area (Å²) in [6, 6.07) is 9.12. The molecule has 2 aromatic rings. The number of carbonyl (C=O) groups is 2. The maximum absolute atomic E-state index is 12.0. The summed E-state index contributed by atoms with van der Waals surface area (Å²) in [5, 5.41) is 21.9. The minimum absolute atomic E-state index is 0. The number of carbonyl (C=O) groups excluding carboxylic acids is 2. The molecule has 1 aliphatic heterocycles. The van der Waals surface area contributed by atoms with Crippen molar-refractivity contribution in [3.8, 4) is 0 Å². The molecule has 2 heterocycles. The highest BCUT2D eigenvalue weighted by atomic mass is 16.5. The van der Waals surface area contributed by atoms with E-state index in [1.807, 2.05) is 18.2 Å². The molecule has 4 N–H and O–H groups in total. The first-order valence-corrected chi connectivity index (χ1v) is 9.65. The fourth-order valence-electron chi connectivity index (χ4n) is 2.72. The summed E-state index contributed by atoms with van der Waals surface area (Å²) in [5.74, 6) is -1.55. The molecular weight excluding hydrogens is 388 g/mol. The molecule has 30 heavy (non-hydrogen) atoms. The highest BCUT2D eigenvalue weighted by molar-refractivity contribution is 5.94. The van der Waals surface area contributed by atoms with Crippen LogP contribution in [0.1, 0.15) is 43.8 Å². The summed E-state index contributed by atoms with van der Waals surface area (Å²) >= 11 is 0. The summed E-state index contributed by atoms with van der Waals surface area (Å²) in [4.78, 5) is 31.6. The van der Waals surface area contributed by atoms with E-state index in [2.05, 4.69) is 20.6 Å². The molecule has 0 aliphatic carbocycles. The molecule has 1 aromatic carbocycles. The monoisotopic (exact) mass is 420 g/mol. The van der Waals surface area contributed by atoms with Crippen molar-refractivity contribution in [1.82, 2.24) is 20.6 Å². The number of rotatable bonds is 6. The Labute approximate surface area is 178 Å². The maximum Gasteiger partial charge on any atom is 0.254 e. The molecule has 9 nitrogen and oxygen atoms in total. The van der Waals surface area contributed by atoms with E-state index in [-0.39, 0.29) is 26.7 Å². The van der Waals surface area contributed by atoms with Crippen LogP contribution in [0.15, 0.2) is 49.1 Å². The lowest BCUT2D eigenvalue weighted by Crippen LogP contribution is -2.32. The van der Waals surface area contributed by atoms with E-state index in [0.717, 1.165) is 6.42 Å². The number of aromatic nitrogens is 2. The van der Waals surface area contributed by atoms with Gasteiger partial charge in [-0.3, -0.25) is 9.59 Å². The zero-order chi connectivity index (χ0) is 22.0. The lowest BCUT2D eigenvalue weighted by Gasteiger charge is -2.11. The van der Waals surface area contributed by atoms with Crippen LogP contribution < -0.4 is 10.6 Å². The highest BCUT2D eigenvalue weighted by Gasteiger charge is 2.26. The van der Waals surface area contributed by atoms with Crippen molar-refractivity contribution in [1.29, 1.82) is 0 Å². The van der Waals surface area contributed by atoms with Gasteiger partial charge in [-0.25, -0.2) is 9.97 Å². The first-order chi connectivity index (χ1) is 14.2. The van der Waals surface area contributed by atoms with E-state index in [1.54, 1.807) is 12.1 Å². The largest absolute Gasteiger partial charge is 0.376 e. The fourth-order valence-corrected chi connectivity index (χ4v) is 2.72. The number of nitrogens with one attached hydrogen (secondary N) is 2. The van der Waals surface area contributed by atoms with Crippen molar-refractivity contribution in [3.05, 3.63) is 60.2 Å². The number of benzene rings is 1. The summed E-state index contributed by atoms with van der Waals surface area (Å²) in [6.45, 7) is 4.16. The molecule has 1 saturated heterocycles. The number of nitrogens with zero attached hydrogens (tertiary/aromatic N) is 2. The van der Waals surface area contributed by atoms with Crippen LogP contribution in [-0.2, 0) is 4.74 Å². The second-order valence-corrected chi connectivity index (χ2v) is 7.46. The molecule has 2 amide bonds. The zero-order valence-electron chi connectivity index (χ0n) is 17.1. The molecule has 0 bridgehead atoms. The van der Waals surface area contributed by atoms with Gasteiger partial charge in [0.1, 0.15) is 6.33 Å². The topological polar surface area (TPSA) is 134 Å². The standard InChI is InChI=1S/C18H20N4O3.C3H8O2.2H2/c23-17(14-4-2-1-3-5-14)21-7-13-6-16(25-11-13)10-22-18(24)15-8-19-12-20-9-15;1-3(2,4)5;;/h1-5,8-9,12-13,16H,6-7,10-11H2,(H,21,23)(H,22,24);4-5H,1-2H3;2*1H/t13-,16+;;;/m1.../s1. The summed E-state index contributed by atoms with van der Waals surface area (Å²) in [5.41, 5.74) is 1.07. The number of aliphatic hydroxyl groups is 2. The molecular formula is C21H32N4O5. The van der Waals surface area contributed by atoms with Crippen LogP contribution in [0, 0.1) is 5.92 Å². The van der Waals surface area contributed by atoms with Crippen LogP contribution in [0.25, 0.3) is 0 Å². The van der Waals surface area contributed by atoms with Gasteiger partial charge < -0.3 is 25.6 Å². The average Bonchev–Trinajstić information content (AvgIpc) is 3.18. The Balaban J connectivity index is 0.00000124. The molecule has 1 aromatic heterocycles. The smallest absolute Gasteiger partial charge is 0.254 e. The Hall–Kier alpha value is -2.88. The number of amides is 2. The molecule has 0 unspecified atom stereocenters. The molecule has 2 atom stereocenters. The van der Waals surface area contributed by atoms with Crippen molar-refractivity contribution in [2.75, 3.05) is 19.7 Å². The van der Waals surface area contributed by atoms with Crippen molar-refractivity contribution in [2.45, 2.75) is 32.2 Å². The Kier molecular flexibility index (Phi) is 8.85. The third-order valence-corrected chi connectivity index (χ3v) is 4.06. The van der Waals surface area contributed by atoms with E-state index < -0.39 is 5.79 Å². The van der Waals surface area contributed by atoms with Crippen molar-refractivity contribution in [3.63, 3.8) is 0 Å². The first kappa shape index (κ1) is 23.4. The van der Waals surface area contributed by atoms with Crippen molar-refractivity contribution < 1.29 is 27.4 Å². The van der Waals surface area contributed by atoms with E-state index in [4.69, 9.17) is 14.9 Å². The summed E-state index contributed by atoms with van der Waals surface area (Å²) < 4.78 is 5.69. The van der Waals surface area contributed by atoms with Crippen LogP contribution in [0.4, 0.5) is 0 Å². The van der Waals surface area contributed by atoms with Gasteiger partial charge in [-0.15, -0.1) is 0 Å². The van der Waals surface area contributed by atoms with Gasteiger partial charge in [-0.2, -0.15) is 0 Å². The van der Waals surface area contributed by atoms with Gasteiger partial charge in [-0.05, 0) is 32.4 Å². The van der Waals surface area contributed by atoms with Crippen LogP contribution in [0.2, 0.25) is 0 Å². The predicted octanol–water partition coefficient (Wildman–Crippen LogP) is 1.24. The lowest BCUT2D eigenvalue weighted by molar-refractivity contribution is -0.127. The van der Waals surface area contributed by atoms with E-state index >= 15 is 0 Å². The van der Waals surface area contributed by atoms with Crippen LogP contribution >= 0.6 is 0 Å². The summed E-state index contributed by atoms with van der Waals surface area (Å²) in [7, 11) is 0. The quantitative estimate of drug-likeness (QED) is 0.517. The third kappa shape index (κ3) is 9.08. The molecule has 0 saturated carbocycles. The van der Waals surface area contributed by atoms with Gasteiger partial charge in [-0.1, -0.05) is 18.2 Å². The Morgan fingerprint density at radius 1 is 1.07 bits per heavy atom. The first-order valence-electron chi connectivity index (χ1n) is 9.65. The van der Waals surface area contributed by atoms with Gasteiger partial charge in [0.05, 0.1) is 18.3 Å². The fraction of sp³-hybridized carbons (Fsp3) is 0.429. The highest BCUT2D eigenvalue weighted by Crippen LogP contribution is 2.18. The third-order valence-electron chi connectivity index (χ3n) is 4.06. The normalized spacial score (nSPS) is 18.1. The van der Waals surface area contributed by atoms with Gasteiger partial charge >= 0.3 is 0 Å². The minimum Gasteiger partial charge on any atom is -0.376 e. The molecule has 1 fully saturated rings. The number of ether oxygens (including phenoxy) is 1. The molecule has 1 aliphatic rings. The van der Waals surface area contributed by atoms with E-state index in [9.17, 15) is 9.59 Å². The minimum atomic E-state index is -1.50. The molecule has 166 valence electrons. The molecule has 0 spiro atoms. The maximum atomic E-state index is 12.0. The van der Waals surface area contributed by atoms with Gasteiger partial charge in [0.25, 0.3) is 11.8 Å². The Morgan fingerprint density at radius 3 is 2.27 bits per heavy atom. The van der Waals surface area contributed by atoms with Gasteiger partial charge in [0, 0.05) is 39.8 Å². The molecule has 0 radical (unpaired) electrons. The van der Waals surface area contributed by atoms with Crippen LogP contribution in [0.3, 0.4) is 0 Å². The van der Waals surface area contributed by atoms with Crippen LogP contribution in [0.5, 0.6) is 0 Å². The second-order valence-electron chi connectivity index (χ2n) is 7.46. The average molecular weight is 421 g/mol. The predicted molar refractivity (Wildman–Crippen MR) is 114 cm³/mol. The van der Waals surface area contributed by atoms with Crippen LogP contribution in [-0.4, -0.2) is 63.6 Å². The van der Waals surface area contributed by atoms with E-state index in [0.29, 0.717) is 30.8 Å². The summed E-state index contributed by atoms with van der Waals surface area (Å²) in [6.07, 6.45) is 5.07. The van der Waals surface area contributed by atoms with Crippen molar-refractivity contribution in [2.24, 2.45) is 5.92 Å². The van der Waals surface area contributed by atoms with Crippen molar-refractivity contribution >= 4 is 11.8 Å². The number of hydrogen-bond acceptors (Lipinski definition) is 7. The van der Waals surface area contributed by atoms with Gasteiger partial charge in [0.15, 0.2) is 5.79 Å². The lowest BCUT2D eigenvalue weighted by atomic mass is 10.1. The molecule has 9 heteroatoms. The second kappa shape index (κ2) is 11.3. The van der Waals surface area contributed by atoms with E-state index in [1.165, 1.54) is 32.6 Å². The number of hydrogen-bond donors (Lipinski definition) is 4. The van der Waals surface area contributed by atoms with Gasteiger partial charge in [0.2, 0.25) is 0 Å². The zero-order valence-corrected chi connectivity index (χ0v) is 17.1. The Bertz CT molecular complexity index is 739. The Morgan fingerprint density at radius 2 is 1.63 bits per heavy atom. The SMILES string of the molecule is CC(C)(O)O.O=C(NC[C@@H]1CO[C@H](CNC(=O)c2cncnc2)C1)c1ccccc1.[HH].[HH]. The molecule has 3 rings (SSSR count).